The van der Waals surface area contributed by atoms with E-state index in [0.717, 1.165) is 39.0 Å². The van der Waals surface area contributed by atoms with Crippen molar-refractivity contribution < 1.29 is 9.59 Å². The molecule has 3 atom stereocenters. The number of likely N-dealkylation sites (tertiary alicyclic amines) is 1. The van der Waals surface area contributed by atoms with Gasteiger partial charge in [-0.05, 0) is 68.0 Å². The number of fused-ring (bicyclic) bond motifs is 1. The molecule has 2 aliphatic rings. The first-order valence-electron chi connectivity index (χ1n) is 9.51. The van der Waals surface area contributed by atoms with Gasteiger partial charge in [0, 0.05) is 23.7 Å². The zero-order valence-corrected chi connectivity index (χ0v) is 16.3. The number of amides is 2. The molecular formula is C20H28ClN3O2. The SMILES string of the molecule is CC(C)C(NC(=O)c1ccc(Cl)cc1)C(=O)N1CC[C@@H]2CNC[C@@H]2CC1. The number of carbonyl (C=O) groups is 2. The molecule has 1 aromatic carbocycles. The van der Waals surface area contributed by atoms with Crippen molar-refractivity contribution >= 4 is 23.4 Å². The van der Waals surface area contributed by atoms with Crippen LogP contribution < -0.4 is 10.6 Å². The molecule has 0 aromatic heterocycles. The van der Waals surface area contributed by atoms with E-state index in [9.17, 15) is 9.59 Å². The van der Waals surface area contributed by atoms with E-state index in [0.29, 0.717) is 22.4 Å². The van der Waals surface area contributed by atoms with Gasteiger partial charge in [0.2, 0.25) is 5.91 Å². The molecule has 0 radical (unpaired) electrons. The van der Waals surface area contributed by atoms with Crippen molar-refractivity contribution in [2.45, 2.75) is 32.7 Å². The molecule has 2 aliphatic heterocycles. The third kappa shape index (κ3) is 4.38. The first-order valence-corrected chi connectivity index (χ1v) is 9.89. The van der Waals surface area contributed by atoms with Gasteiger partial charge in [0.15, 0.2) is 0 Å². The number of carbonyl (C=O) groups excluding carboxylic acids is 2. The van der Waals surface area contributed by atoms with Crippen molar-refractivity contribution in [3.63, 3.8) is 0 Å². The summed E-state index contributed by atoms with van der Waals surface area (Å²) in [7, 11) is 0. The molecule has 0 bridgehead atoms. The summed E-state index contributed by atoms with van der Waals surface area (Å²) in [6, 6.07) is 6.22. The predicted octanol–water partition coefficient (Wildman–Crippen LogP) is 2.55. The molecule has 0 aliphatic carbocycles. The van der Waals surface area contributed by atoms with Crippen molar-refractivity contribution in [3.05, 3.63) is 34.9 Å². The second-order valence-corrected chi connectivity index (χ2v) is 8.22. The van der Waals surface area contributed by atoms with E-state index in [1.165, 1.54) is 0 Å². The van der Waals surface area contributed by atoms with Gasteiger partial charge >= 0.3 is 0 Å². The summed E-state index contributed by atoms with van der Waals surface area (Å²) in [4.78, 5) is 27.6. The molecule has 142 valence electrons. The molecule has 1 aromatic rings. The van der Waals surface area contributed by atoms with E-state index in [4.69, 9.17) is 11.6 Å². The summed E-state index contributed by atoms with van der Waals surface area (Å²) < 4.78 is 0. The number of halogens is 1. The molecule has 6 heteroatoms. The van der Waals surface area contributed by atoms with Gasteiger partial charge in [-0.15, -0.1) is 0 Å². The molecule has 2 N–H and O–H groups in total. The van der Waals surface area contributed by atoms with Crippen molar-refractivity contribution in [2.75, 3.05) is 26.2 Å². The summed E-state index contributed by atoms with van der Waals surface area (Å²) in [5.41, 5.74) is 0.518. The van der Waals surface area contributed by atoms with E-state index in [1.54, 1.807) is 24.3 Å². The lowest BCUT2D eigenvalue weighted by Crippen LogP contribution is -2.51. The molecule has 26 heavy (non-hydrogen) atoms. The third-order valence-corrected chi connectivity index (χ3v) is 5.91. The van der Waals surface area contributed by atoms with Crippen LogP contribution in [0.1, 0.15) is 37.0 Å². The van der Waals surface area contributed by atoms with Crippen LogP contribution in [0.15, 0.2) is 24.3 Å². The van der Waals surface area contributed by atoms with Crippen LogP contribution in [0.5, 0.6) is 0 Å². The fourth-order valence-corrected chi connectivity index (χ4v) is 4.10. The van der Waals surface area contributed by atoms with Crippen LogP contribution in [-0.4, -0.2) is 48.9 Å². The van der Waals surface area contributed by atoms with E-state index in [2.05, 4.69) is 10.6 Å². The van der Waals surface area contributed by atoms with E-state index in [-0.39, 0.29) is 17.7 Å². The molecule has 2 amide bonds. The first kappa shape index (κ1) is 19.2. The van der Waals surface area contributed by atoms with Gasteiger partial charge in [0.05, 0.1) is 0 Å². The van der Waals surface area contributed by atoms with E-state index in [1.807, 2.05) is 18.7 Å². The Hall–Kier alpha value is -1.59. The third-order valence-electron chi connectivity index (χ3n) is 5.66. The first-order chi connectivity index (χ1) is 12.5. The fraction of sp³-hybridized carbons (Fsp3) is 0.600. The highest BCUT2D eigenvalue weighted by molar-refractivity contribution is 6.30. The second kappa shape index (κ2) is 8.40. The van der Waals surface area contributed by atoms with Gasteiger partial charge in [0.1, 0.15) is 6.04 Å². The normalized spacial score (nSPS) is 24.1. The Morgan fingerprint density at radius 2 is 1.69 bits per heavy atom. The molecule has 0 spiro atoms. The van der Waals surface area contributed by atoms with Gasteiger partial charge in [-0.3, -0.25) is 9.59 Å². The van der Waals surface area contributed by atoms with E-state index >= 15 is 0 Å². The maximum Gasteiger partial charge on any atom is 0.251 e. The van der Waals surface area contributed by atoms with Crippen LogP contribution in [0.3, 0.4) is 0 Å². The molecule has 5 nitrogen and oxygen atoms in total. The lowest BCUT2D eigenvalue weighted by atomic mass is 9.92. The summed E-state index contributed by atoms with van der Waals surface area (Å²) in [6.07, 6.45) is 2.08. The van der Waals surface area contributed by atoms with Crippen LogP contribution in [0.25, 0.3) is 0 Å². The van der Waals surface area contributed by atoms with E-state index < -0.39 is 6.04 Å². The highest BCUT2D eigenvalue weighted by atomic mass is 35.5. The highest BCUT2D eigenvalue weighted by Crippen LogP contribution is 2.27. The zero-order chi connectivity index (χ0) is 18.7. The van der Waals surface area contributed by atoms with Gasteiger partial charge in [0.25, 0.3) is 5.91 Å². The lowest BCUT2D eigenvalue weighted by Gasteiger charge is -2.29. The van der Waals surface area contributed by atoms with Gasteiger partial charge in [-0.1, -0.05) is 25.4 Å². The summed E-state index contributed by atoms with van der Waals surface area (Å²) in [6.45, 7) is 7.63. The topological polar surface area (TPSA) is 61.4 Å². The van der Waals surface area contributed by atoms with Crippen LogP contribution >= 0.6 is 11.6 Å². The Morgan fingerprint density at radius 3 is 2.23 bits per heavy atom. The number of hydrogen-bond donors (Lipinski definition) is 2. The molecule has 1 unspecified atom stereocenters. The largest absolute Gasteiger partial charge is 0.341 e. The second-order valence-electron chi connectivity index (χ2n) is 7.78. The van der Waals surface area contributed by atoms with Crippen LogP contribution in [0.4, 0.5) is 0 Å². The fourth-order valence-electron chi connectivity index (χ4n) is 3.97. The zero-order valence-electron chi connectivity index (χ0n) is 15.5. The van der Waals surface area contributed by atoms with Gasteiger partial charge < -0.3 is 15.5 Å². The molecule has 0 saturated carbocycles. The van der Waals surface area contributed by atoms with Crippen molar-refractivity contribution in [2.24, 2.45) is 17.8 Å². The minimum absolute atomic E-state index is 0.0307. The predicted molar refractivity (Wildman–Crippen MR) is 103 cm³/mol. The van der Waals surface area contributed by atoms with Crippen LogP contribution in [0, 0.1) is 17.8 Å². The molecule has 2 heterocycles. The van der Waals surface area contributed by atoms with Crippen molar-refractivity contribution in [1.82, 2.24) is 15.5 Å². The van der Waals surface area contributed by atoms with Gasteiger partial charge in [-0.2, -0.15) is 0 Å². The Morgan fingerprint density at radius 1 is 1.12 bits per heavy atom. The summed E-state index contributed by atoms with van der Waals surface area (Å²) in [5.74, 6) is 1.19. The average molecular weight is 378 g/mol. The average Bonchev–Trinajstić information content (AvgIpc) is 2.97. The molecule has 2 fully saturated rings. The monoisotopic (exact) mass is 377 g/mol. The summed E-state index contributed by atoms with van der Waals surface area (Å²) >= 11 is 5.88. The maximum absolute atomic E-state index is 13.1. The highest BCUT2D eigenvalue weighted by Gasteiger charge is 2.34. The minimum Gasteiger partial charge on any atom is -0.341 e. The van der Waals surface area contributed by atoms with Crippen LogP contribution in [0.2, 0.25) is 5.02 Å². The molecule has 3 rings (SSSR count). The summed E-state index contributed by atoms with van der Waals surface area (Å²) in [5, 5.41) is 6.98. The lowest BCUT2D eigenvalue weighted by molar-refractivity contribution is -0.134. The Balaban J connectivity index is 1.65. The number of nitrogens with one attached hydrogen (secondary N) is 2. The smallest absolute Gasteiger partial charge is 0.251 e. The molecule has 2 saturated heterocycles. The standard InChI is InChI=1S/C20H28ClN3O2/c1-13(2)18(23-19(25)14-3-5-17(21)6-4-14)20(26)24-9-7-15-11-22-12-16(15)8-10-24/h3-6,13,15-16,18,22H,7-12H2,1-2H3,(H,23,25)/t15-,16+,18?. The number of hydrogen-bond acceptors (Lipinski definition) is 3. The maximum atomic E-state index is 13.1. The minimum atomic E-state index is -0.505. The Labute approximate surface area is 160 Å². The Kier molecular flexibility index (Phi) is 6.20. The quantitative estimate of drug-likeness (QED) is 0.847. The number of benzene rings is 1. The number of rotatable bonds is 4. The Bertz CT molecular complexity index is 633. The van der Waals surface area contributed by atoms with Crippen molar-refractivity contribution in [3.8, 4) is 0 Å². The van der Waals surface area contributed by atoms with Crippen LogP contribution in [-0.2, 0) is 4.79 Å². The molecular weight excluding hydrogens is 350 g/mol. The van der Waals surface area contributed by atoms with Crippen molar-refractivity contribution in [1.29, 1.82) is 0 Å². The number of nitrogens with zero attached hydrogens (tertiary/aromatic N) is 1. The van der Waals surface area contributed by atoms with Gasteiger partial charge in [-0.25, -0.2) is 0 Å².